The number of nitriles is 1. The second kappa shape index (κ2) is 5.23. The standard InChI is InChI=1S/C11H15N3O/c1-14(5-6-15-2)11-7-9(8-12)3-4-10(11)13/h3-4,7H,5-6,13H2,1-2H3. The summed E-state index contributed by atoms with van der Waals surface area (Å²) in [5.74, 6) is 0. The molecule has 0 saturated heterocycles. The summed E-state index contributed by atoms with van der Waals surface area (Å²) < 4.78 is 4.98. The van der Waals surface area contributed by atoms with Crippen LogP contribution in [0.3, 0.4) is 0 Å². The number of likely N-dealkylation sites (N-methyl/N-ethyl adjacent to an activating group) is 1. The molecular formula is C11H15N3O. The number of ether oxygens (including phenoxy) is 1. The van der Waals surface area contributed by atoms with Gasteiger partial charge >= 0.3 is 0 Å². The summed E-state index contributed by atoms with van der Waals surface area (Å²) in [6.45, 7) is 1.38. The van der Waals surface area contributed by atoms with Crippen LogP contribution in [-0.4, -0.2) is 27.3 Å². The summed E-state index contributed by atoms with van der Waals surface area (Å²) in [5.41, 5.74) is 7.98. The van der Waals surface area contributed by atoms with Gasteiger partial charge in [-0.1, -0.05) is 0 Å². The van der Waals surface area contributed by atoms with E-state index in [9.17, 15) is 0 Å². The van der Waals surface area contributed by atoms with Gasteiger partial charge in [0.05, 0.1) is 29.6 Å². The van der Waals surface area contributed by atoms with Gasteiger partial charge in [-0.3, -0.25) is 0 Å². The van der Waals surface area contributed by atoms with Crippen molar-refractivity contribution < 1.29 is 4.74 Å². The van der Waals surface area contributed by atoms with E-state index in [2.05, 4.69) is 6.07 Å². The van der Waals surface area contributed by atoms with Crippen LogP contribution in [0.15, 0.2) is 18.2 Å². The highest BCUT2D eigenvalue weighted by Crippen LogP contribution is 2.22. The fourth-order valence-corrected chi connectivity index (χ4v) is 1.29. The van der Waals surface area contributed by atoms with Crippen LogP contribution in [0.2, 0.25) is 0 Å². The van der Waals surface area contributed by atoms with Crippen LogP contribution < -0.4 is 10.6 Å². The number of nitrogens with zero attached hydrogens (tertiary/aromatic N) is 2. The van der Waals surface area contributed by atoms with E-state index < -0.39 is 0 Å². The van der Waals surface area contributed by atoms with Crippen LogP contribution in [0.1, 0.15) is 5.56 Å². The van der Waals surface area contributed by atoms with Gasteiger partial charge < -0.3 is 15.4 Å². The topological polar surface area (TPSA) is 62.3 Å². The van der Waals surface area contributed by atoms with E-state index in [0.29, 0.717) is 17.9 Å². The van der Waals surface area contributed by atoms with Crippen molar-refractivity contribution in [2.24, 2.45) is 0 Å². The first-order valence-electron chi connectivity index (χ1n) is 4.68. The van der Waals surface area contributed by atoms with Crippen molar-refractivity contribution >= 4 is 11.4 Å². The molecular weight excluding hydrogens is 190 g/mol. The molecule has 0 saturated carbocycles. The zero-order chi connectivity index (χ0) is 11.3. The van der Waals surface area contributed by atoms with Crippen molar-refractivity contribution in [3.05, 3.63) is 23.8 Å². The Balaban J connectivity index is 2.87. The Morgan fingerprint density at radius 1 is 1.53 bits per heavy atom. The molecule has 0 bridgehead atoms. The number of nitrogens with two attached hydrogens (primary N) is 1. The number of anilines is 2. The zero-order valence-corrected chi connectivity index (χ0v) is 9.03. The van der Waals surface area contributed by atoms with Crippen molar-refractivity contribution in [3.8, 4) is 6.07 Å². The Hall–Kier alpha value is -1.73. The molecule has 0 aliphatic carbocycles. The highest BCUT2D eigenvalue weighted by molar-refractivity contribution is 5.69. The average molecular weight is 205 g/mol. The third-order valence-corrected chi connectivity index (χ3v) is 2.20. The van der Waals surface area contributed by atoms with E-state index in [4.69, 9.17) is 15.7 Å². The van der Waals surface area contributed by atoms with Crippen LogP contribution >= 0.6 is 0 Å². The maximum absolute atomic E-state index is 8.78. The lowest BCUT2D eigenvalue weighted by atomic mass is 10.2. The molecule has 1 aromatic carbocycles. The summed E-state index contributed by atoms with van der Waals surface area (Å²) in [7, 11) is 3.58. The number of hydrogen-bond acceptors (Lipinski definition) is 4. The molecule has 0 heterocycles. The maximum atomic E-state index is 8.78. The summed E-state index contributed by atoms with van der Waals surface area (Å²) in [6.07, 6.45) is 0. The first-order chi connectivity index (χ1) is 7.19. The fourth-order valence-electron chi connectivity index (χ4n) is 1.29. The smallest absolute Gasteiger partial charge is 0.0992 e. The largest absolute Gasteiger partial charge is 0.397 e. The monoisotopic (exact) mass is 205 g/mol. The fraction of sp³-hybridized carbons (Fsp3) is 0.364. The van der Waals surface area contributed by atoms with Gasteiger partial charge in [0.1, 0.15) is 0 Å². The highest BCUT2D eigenvalue weighted by atomic mass is 16.5. The van der Waals surface area contributed by atoms with Crippen LogP contribution in [0, 0.1) is 11.3 Å². The van der Waals surface area contributed by atoms with E-state index in [-0.39, 0.29) is 0 Å². The number of hydrogen-bond donors (Lipinski definition) is 1. The molecule has 0 atom stereocenters. The minimum atomic E-state index is 0.614. The quantitative estimate of drug-likeness (QED) is 0.751. The summed E-state index contributed by atoms with van der Waals surface area (Å²) in [4.78, 5) is 1.97. The minimum absolute atomic E-state index is 0.614. The molecule has 2 N–H and O–H groups in total. The lowest BCUT2D eigenvalue weighted by Crippen LogP contribution is -2.23. The summed E-state index contributed by atoms with van der Waals surface area (Å²) in [6, 6.07) is 7.33. The van der Waals surface area contributed by atoms with Gasteiger partial charge in [-0.15, -0.1) is 0 Å². The van der Waals surface area contributed by atoms with Crippen molar-refractivity contribution in [1.82, 2.24) is 0 Å². The molecule has 1 rings (SSSR count). The van der Waals surface area contributed by atoms with Crippen LogP contribution in [-0.2, 0) is 4.74 Å². The molecule has 0 radical (unpaired) electrons. The molecule has 0 aromatic heterocycles. The second-order valence-electron chi connectivity index (χ2n) is 3.30. The lowest BCUT2D eigenvalue weighted by Gasteiger charge is -2.20. The Labute approximate surface area is 89.9 Å². The molecule has 0 aliphatic rings. The van der Waals surface area contributed by atoms with Gasteiger partial charge in [-0.2, -0.15) is 5.26 Å². The molecule has 0 unspecified atom stereocenters. The number of benzene rings is 1. The molecule has 4 nitrogen and oxygen atoms in total. The van der Waals surface area contributed by atoms with Crippen molar-refractivity contribution in [1.29, 1.82) is 5.26 Å². The second-order valence-corrected chi connectivity index (χ2v) is 3.30. The van der Waals surface area contributed by atoms with Crippen molar-refractivity contribution in [3.63, 3.8) is 0 Å². The van der Waals surface area contributed by atoms with Crippen molar-refractivity contribution in [2.75, 3.05) is 37.9 Å². The van der Waals surface area contributed by atoms with Gasteiger partial charge in [0.2, 0.25) is 0 Å². The van der Waals surface area contributed by atoms with E-state index in [0.717, 1.165) is 12.2 Å². The lowest BCUT2D eigenvalue weighted by molar-refractivity contribution is 0.206. The Morgan fingerprint density at radius 3 is 2.87 bits per heavy atom. The zero-order valence-electron chi connectivity index (χ0n) is 9.03. The normalized spacial score (nSPS) is 9.67. The highest BCUT2D eigenvalue weighted by Gasteiger charge is 2.05. The molecule has 0 spiro atoms. The minimum Gasteiger partial charge on any atom is -0.397 e. The number of rotatable bonds is 4. The van der Waals surface area contributed by atoms with Gasteiger partial charge in [-0.05, 0) is 18.2 Å². The maximum Gasteiger partial charge on any atom is 0.0992 e. The SMILES string of the molecule is COCCN(C)c1cc(C#N)ccc1N. The third-order valence-electron chi connectivity index (χ3n) is 2.20. The predicted octanol–water partition coefficient (Wildman–Crippen LogP) is 1.22. The van der Waals surface area contributed by atoms with Crippen LogP contribution in [0.5, 0.6) is 0 Å². The molecule has 0 aliphatic heterocycles. The Morgan fingerprint density at radius 2 is 2.27 bits per heavy atom. The molecule has 4 heteroatoms. The Bertz CT molecular complexity index is 371. The summed E-state index contributed by atoms with van der Waals surface area (Å²) >= 11 is 0. The van der Waals surface area contributed by atoms with Gasteiger partial charge in [0.15, 0.2) is 0 Å². The predicted molar refractivity (Wildman–Crippen MR) is 60.7 cm³/mol. The molecule has 15 heavy (non-hydrogen) atoms. The average Bonchev–Trinajstić information content (AvgIpc) is 2.26. The molecule has 0 amide bonds. The molecule has 80 valence electrons. The van der Waals surface area contributed by atoms with Gasteiger partial charge in [-0.25, -0.2) is 0 Å². The van der Waals surface area contributed by atoms with Gasteiger partial charge in [0.25, 0.3) is 0 Å². The van der Waals surface area contributed by atoms with E-state index in [1.54, 1.807) is 25.3 Å². The van der Waals surface area contributed by atoms with Crippen LogP contribution in [0.4, 0.5) is 11.4 Å². The van der Waals surface area contributed by atoms with E-state index in [1.165, 1.54) is 0 Å². The Kier molecular flexibility index (Phi) is 3.95. The number of methoxy groups -OCH3 is 1. The third kappa shape index (κ3) is 2.86. The van der Waals surface area contributed by atoms with Crippen molar-refractivity contribution in [2.45, 2.75) is 0 Å². The first kappa shape index (κ1) is 11.3. The first-order valence-corrected chi connectivity index (χ1v) is 4.68. The molecule has 1 aromatic rings. The van der Waals surface area contributed by atoms with Gasteiger partial charge in [0, 0.05) is 20.7 Å². The number of nitrogen functional groups attached to an aromatic ring is 1. The van der Waals surface area contributed by atoms with E-state index in [1.807, 2.05) is 11.9 Å². The van der Waals surface area contributed by atoms with E-state index >= 15 is 0 Å². The summed E-state index contributed by atoms with van der Waals surface area (Å²) in [5, 5.41) is 8.78. The van der Waals surface area contributed by atoms with Crippen LogP contribution in [0.25, 0.3) is 0 Å². The molecule has 0 fully saturated rings.